The number of ether oxygens (including phenoxy) is 2. The van der Waals surface area contributed by atoms with Crippen LogP contribution in [0.1, 0.15) is 11.5 Å². The van der Waals surface area contributed by atoms with Crippen LogP contribution in [0.5, 0.6) is 11.5 Å². The number of methoxy groups -OCH3 is 1. The van der Waals surface area contributed by atoms with Crippen LogP contribution in [0.2, 0.25) is 0 Å². The lowest BCUT2D eigenvalue weighted by Crippen LogP contribution is -2.08. The fourth-order valence-corrected chi connectivity index (χ4v) is 4.82. The van der Waals surface area contributed by atoms with Gasteiger partial charge in [0.25, 0.3) is 0 Å². The average molecular weight is 469 g/mol. The minimum Gasteiger partial charge on any atom is -0.496 e. The van der Waals surface area contributed by atoms with Crippen molar-refractivity contribution in [2.75, 3.05) is 7.11 Å². The maximum absolute atomic E-state index is 13.8. The maximum atomic E-state index is 13.8. The number of hydrogen-bond acceptors (Lipinski definition) is 7. The van der Waals surface area contributed by atoms with E-state index in [0.717, 1.165) is 27.2 Å². The van der Waals surface area contributed by atoms with Gasteiger partial charge in [-0.05, 0) is 24.3 Å². The molecule has 0 fully saturated rings. The van der Waals surface area contributed by atoms with Gasteiger partial charge in [0.15, 0.2) is 22.5 Å². The number of benzene rings is 2. The van der Waals surface area contributed by atoms with Gasteiger partial charge in [-0.2, -0.15) is 0 Å². The first-order valence-corrected chi connectivity index (χ1v) is 11.7. The summed E-state index contributed by atoms with van der Waals surface area (Å²) in [5.74, 6) is 1.80. The smallest absolute Gasteiger partial charge is 0.191 e. The highest BCUT2D eigenvalue weighted by atomic mass is 32.2. The van der Waals surface area contributed by atoms with Crippen molar-refractivity contribution in [3.05, 3.63) is 83.9 Å². The van der Waals surface area contributed by atoms with E-state index in [1.807, 2.05) is 34.2 Å². The highest BCUT2D eigenvalue weighted by molar-refractivity contribution is 7.98. The minimum absolute atomic E-state index is 0.108. The van der Waals surface area contributed by atoms with Gasteiger partial charge in [-0.3, -0.25) is 4.57 Å². The molecule has 2 heterocycles. The first kappa shape index (κ1) is 22.0. The second kappa shape index (κ2) is 10.4. The summed E-state index contributed by atoms with van der Waals surface area (Å²) in [6, 6.07) is 14.1. The van der Waals surface area contributed by atoms with Gasteiger partial charge in [-0.25, -0.2) is 9.37 Å². The highest BCUT2D eigenvalue weighted by Gasteiger charge is 2.15. The second-order valence-corrected chi connectivity index (χ2v) is 8.45. The van der Waals surface area contributed by atoms with E-state index in [4.69, 9.17) is 14.5 Å². The molecule has 0 aliphatic carbocycles. The Morgan fingerprint density at radius 1 is 1.12 bits per heavy atom. The quantitative estimate of drug-likeness (QED) is 0.223. The van der Waals surface area contributed by atoms with Crippen LogP contribution in [-0.4, -0.2) is 26.9 Å². The predicted octanol–water partition coefficient (Wildman–Crippen LogP) is 5.61. The lowest BCUT2D eigenvalue weighted by molar-refractivity contribution is 0.275. The summed E-state index contributed by atoms with van der Waals surface area (Å²) in [4.78, 5) is 4.75. The van der Waals surface area contributed by atoms with Crippen molar-refractivity contribution in [1.29, 1.82) is 0 Å². The van der Waals surface area contributed by atoms with Crippen LogP contribution in [0.4, 0.5) is 4.39 Å². The number of nitrogens with zero attached hydrogens (tertiary/aromatic N) is 4. The molecule has 164 valence electrons. The Morgan fingerprint density at radius 3 is 2.69 bits per heavy atom. The molecule has 0 aliphatic rings. The molecular formula is C23H21FN4O2S2. The van der Waals surface area contributed by atoms with E-state index in [2.05, 4.69) is 16.8 Å². The zero-order chi connectivity index (χ0) is 22.3. The molecule has 0 N–H and O–H groups in total. The van der Waals surface area contributed by atoms with Crippen LogP contribution in [0.25, 0.3) is 10.6 Å². The van der Waals surface area contributed by atoms with Crippen molar-refractivity contribution in [3.8, 4) is 22.1 Å². The van der Waals surface area contributed by atoms with Crippen LogP contribution in [0.3, 0.4) is 0 Å². The second-order valence-electron chi connectivity index (χ2n) is 6.65. The van der Waals surface area contributed by atoms with Gasteiger partial charge >= 0.3 is 0 Å². The molecule has 0 aliphatic heterocycles. The Bertz CT molecular complexity index is 1210. The maximum Gasteiger partial charge on any atom is 0.191 e. The Hall–Kier alpha value is -3.17. The van der Waals surface area contributed by atoms with Crippen LogP contribution >= 0.6 is 23.1 Å². The number of hydrogen-bond donors (Lipinski definition) is 0. The van der Waals surface area contributed by atoms with E-state index >= 15 is 0 Å². The van der Waals surface area contributed by atoms with E-state index in [-0.39, 0.29) is 12.4 Å². The molecule has 4 rings (SSSR count). The van der Waals surface area contributed by atoms with E-state index in [9.17, 15) is 4.39 Å². The third-order valence-corrected chi connectivity index (χ3v) is 6.46. The Balaban J connectivity index is 1.45. The largest absolute Gasteiger partial charge is 0.496 e. The number of rotatable bonds is 10. The molecule has 2 aromatic carbocycles. The molecule has 0 saturated heterocycles. The number of halogens is 1. The topological polar surface area (TPSA) is 62.1 Å². The summed E-state index contributed by atoms with van der Waals surface area (Å²) in [6.45, 7) is 4.44. The molecule has 0 saturated carbocycles. The summed E-state index contributed by atoms with van der Waals surface area (Å²) in [7, 11) is 1.66. The standard InChI is InChI=1S/C23H21FN4O2S2/c1-3-12-28-21(13-30-20-11-7-5-9-18(20)24)26-27-23(28)32-15-16-14-31-22(25-16)17-8-4-6-10-19(17)29-2/h3-11,14H,1,12-13,15H2,2H3. The molecule has 4 aromatic rings. The van der Waals surface area contributed by atoms with Gasteiger partial charge in [0.1, 0.15) is 17.4 Å². The van der Waals surface area contributed by atoms with E-state index < -0.39 is 5.82 Å². The monoisotopic (exact) mass is 468 g/mol. The van der Waals surface area contributed by atoms with Crippen molar-refractivity contribution in [2.24, 2.45) is 0 Å². The first-order chi connectivity index (χ1) is 15.7. The Labute approximate surface area is 193 Å². The minimum atomic E-state index is -0.411. The van der Waals surface area contributed by atoms with Gasteiger partial charge < -0.3 is 9.47 Å². The van der Waals surface area contributed by atoms with Crippen LogP contribution in [0, 0.1) is 5.82 Å². The summed E-state index contributed by atoms with van der Waals surface area (Å²) in [5.41, 5.74) is 1.91. The Kier molecular flexibility index (Phi) is 7.18. The fraction of sp³-hybridized carbons (Fsp3) is 0.174. The molecule has 0 unspecified atom stereocenters. The molecule has 6 nitrogen and oxygen atoms in total. The zero-order valence-corrected chi connectivity index (χ0v) is 19.0. The average Bonchev–Trinajstić information content (AvgIpc) is 3.44. The van der Waals surface area contributed by atoms with Crippen LogP contribution in [0.15, 0.2) is 71.7 Å². The first-order valence-electron chi connectivity index (χ1n) is 9.80. The molecule has 0 spiro atoms. The number of thioether (sulfide) groups is 1. The summed E-state index contributed by atoms with van der Waals surface area (Å²) < 4.78 is 26.8. The lowest BCUT2D eigenvalue weighted by Gasteiger charge is -2.09. The number of thiazole rings is 1. The third kappa shape index (κ3) is 5.00. The molecule has 0 amide bonds. The van der Waals surface area contributed by atoms with Crippen LogP contribution < -0.4 is 9.47 Å². The summed E-state index contributed by atoms with van der Waals surface area (Å²) in [6.07, 6.45) is 1.77. The van der Waals surface area contributed by atoms with Gasteiger partial charge in [0, 0.05) is 17.7 Å². The van der Waals surface area contributed by atoms with E-state index in [0.29, 0.717) is 18.1 Å². The van der Waals surface area contributed by atoms with Gasteiger partial charge in [-0.15, -0.1) is 28.1 Å². The van der Waals surface area contributed by atoms with Gasteiger partial charge in [0.2, 0.25) is 0 Å². The van der Waals surface area contributed by atoms with Crippen molar-refractivity contribution in [1.82, 2.24) is 19.7 Å². The van der Waals surface area contributed by atoms with Gasteiger partial charge in [0.05, 0.1) is 18.4 Å². The van der Waals surface area contributed by atoms with E-state index in [1.165, 1.54) is 17.8 Å². The molecule has 0 bridgehead atoms. The normalized spacial score (nSPS) is 10.8. The fourth-order valence-electron chi connectivity index (χ4n) is 3.01. The SMILES string of the molecule is C=CCn1c(COc2ccccc2F)nnc1SCc1csc(-c2ccccc2OC)n1. The highest BCUT2D eigenvalue weighted by Crippen LogP contribution is 2.33. The third-order valence-electron chi connectivity index (χ3n) is 4.54. The molecular weight excluding hydrogens is 447 g/mol. The summed E-state index contributed by atoms with van der Waals surface area (Å²) >= 11 is 3.10. The zero-order valence-electron chi connectivity index (χ0n) is 17.4. The molecule has 32 heavy (non-hydrogen) atoms. The molecule has 9 heteroatoms. The van der Waals surface area contributed by atoms with Crippen molar-refractivity contribution in [2.45, 2.75) is 24.1 Å². The number of aromatic nitrogens is 4. The Morgan fingerprint density at radius 2 is 1.91 bits per heavy atom. The molecule has 0 atom stereocenters. The predicted molar refractivity (Wildman–Crippen MR) is 125 cm³/mol. The molecule has 0 radical (unpaired) electrons. The van der Waals surface area contributed by atoms with Crippen molar-refractivity contribution < 1.29 is 13.9 Å². The molecule has 2 aromatic heterocycles. The van der Waals surface area contributed by atoms with E-state index in [1.54, 1.807) is 42.7 Å². The number of para-hydroxylation sites is 2. The summed E-state index contributed by atoms with van der Waals surface area (Å²) in [5, 5.41) is 12.2. The van der Waals surface area contributed by atoms with Gasteiger partial charge in [-0.1, -0.05) is 42.1 Å². The van der Waals surface area contributed by atoms with Crippen molar-refractivity contribution >= 4 is 23.1 Å². The van der Waals surface area contributed by atoms with Crippen LogP contribution in [-0.2, 0) is 18.9 Å². The van der Waals surface area contributed by atoms with Crippen molar-refractivity contribution in [3.63, 3.8) is 0 Å². The number of allylic oxidation sites excluding steroid dienone is 1. The lowest BCUT2D eigenvalue weighted by atomic mass is 10.2.